The summed E-state index contributed by atoms with van der Waals surface area (Å²) in [6, 6.07) is 0. The van der Waals surface area contributed by atoms with Gasteiger partial charge in [0.25, 0.3) is 5.91 Å². The molecule has 6 rings (SSSR count). The molecule has 0 spiro atoms. The van der Waals surface area contributed by atoms with E-state index in [1.165, 1.54) is 38.5 Å². The number of ether oxygens (including phenoxy) is 1. The molecule has 2 saturated heterocycles. The Morgan fingerprint density at radius 2 is 1.59 bits per heavy atom. The Morgan fingerprint density at radius 3 is 2.15 bits per heavy atom. The average Bonchev–Trinajstić information content (AvgIpc) is 3.14. The van der Waals surface area contributed by atoms with Gasteiger partial charge in [0.05, 0.1) is 6.54 Å². The summed E-state index contributed by atoms with van der Waals surface area (Å²) in [5, 5.41) is 3.47. The molecule has 2 amide bonds. The van der Waals surface area contributed by atoms with Gasteiger partial charge in [0, 0.05) is 38.3 Å². The minimum atomic E-state index is -0.226. The van der Waals surface area contributed by atoms with E-state index in [-0.39, 0.29) is 23.5 Å². The van der Waals surface area contributed by atoms with Crippen molar-refractivity contribution in [1.29, 1.82) is 0 Å². The monoisotopic (exact) mass is 375 g/mol. The normalized spacial score (nSPS) is 41.1. The molecule has 0 radical (unpaired) electrons. The molecule has 4 bridgehead atoms. The Labute approximate surface area is 162 Å². The fraction of sp³-hybridized carbons (Fsp3) is 0.905. The molecule has 6 fully saturated rings. The SMILES string of the molecule is O=C(CN1CCN(C(=O)[C@@H]2CCCO2)CC1)NC12CC3CC(CC(C3)C1)C2. The van der Waals surface area contributed by atoms with Crippen LogP contribution in [0, 0.1) is 17.8 Å². The maximum Gasteiger partial charge on any atom is 0.251 e. The van der Waals surface area contributed by atoms with Crippen LogP contribution in [0.1, 0.15) is 51.4 Å². The van der Waals surface area contributed by atoms with Crippen LogP contribution < -0.4 is 5.32 Å². The van der Waals surface area contributed by atoms with Crippen molar-refractivity contribution in [1.82, 2.24) is 15.1 Å². The zero-order valence-corrected chi connectivity index (χ0v) is 16.3. The van der Waals surface area contributed by atoms with Gasteiger partial charge in [0.2, 0.25) is 5.91 Å². The lowest BCUT2D eigenvalue weighted by atomic mass is 9.53. The van der Waals surface area contributed by atoms with Crippen molar-refractivity contribution in [3.8, 4) is 0 Å². The van der Waals surface area contributed by atoms with E-state index in [1.54, 1.807) is 0 Å². The van der Waals surface area contributed by atoms with Crippen LogP contribution in [0.5, 0.6) is 0 Å². The first kappa shape index (κ1) is 17.9. The Bertz CT molecular complexity index is 558. The number of hydrogen-bond donors (Lipinski definition) is 1. The van der Waals surface area contributed by atoms with E-state index in [0.29, 0.717) is 26.2 Å². The van der Waals surface area contributed by atoms with E-state index in [9.17, 15) is 9.59 Å². The number of hydrogen-bond acceptors (Lipinski definition) is 4. The largest absolute Gasteiger partial charge is 0.368 e. The first-order chi connectivity index (χ1) is 13.1. The van der Waals surface area contributed by atoms with Crippen LogP contribution in [0.4, 0.5) is 0 Å². The van der Waals surface area contributed by atoms with E-state index in [1.807, 2.05) is 4.90 Å². The number of carbonyl (C=O) groups excluding carboxylic acids is 2. The number of piperazine rings is 1. The summed E-state index contributed by atoms with van der Waals surface area (Å²) >= 11 is 0. The van der Waals surface area contributed by atoms with E-state index in [4.69, 9.17) is 4.74 Å². The van der Waals surface area contributed by atoms with Crippen molar-refractivity contribution in [3.05, 3.63) is 0 Å². The molecule has 0 aromatic rings. The maximum absolute atomic E-state index is 12.8. The van der Waals surface area contributed by atoms with Crippen LogP contribution >= 0.6 is 0 Å². The predicted molar refractivity (Wildman–Crippen MR) is 101 cm³/mol. The number of nitrogens with one attached hydrogen (secondary N) is 1. The quantitative estimate of drug-likeness (QED) is 0.807. The third kappa shape index (κ3) is 3.63. The summed E-state index contributed by atoms with van der Waals surface area (Å²) in [5.41, 5.74) is 0.101. The van der Waals surface area contributed by atoms with E-state index in [0.717, 1.165) is 43.7 Å². The van der Waals surface area contributed by atoms with Gasteiger partial charge < -0.3 is 15.0 Å². The van der Waals surface area contributed by atoms with Crippen LogP contribution in [0.3, 0.4) is 0 Å². The van der Waals surface area contributed by atoms with Crippen LogP contribution in [-0.2, 0) is 14.3 Å². The summed E-state index contributed by atoms with van der Waals surface area (Å²) in [5.74, 6) is 2.89. The van der Waals surface area contributed by atoms with Gasteiger partial charge in [0.1, 0.15) is 6.10 Å². The van der Waals surface area contributed by atoms with Crippen molar-refractivity contribution in [2.45, 2.75) is 63.0 Å². The number of amides is 2. The minimum Gasteiger partial charge on any atom is -0.368 e. The van der Waals surface area contributed by atoms with Crippen molar-refractivity contribution in [2.75, 3.05) is 39.3 Å². The summed E-state index contributed by atoms with van der Waals surface area (Å²) in [6.07, 6.45) is 9.42. The van der Waals surface area contributed by atoms with Crippen molar-refractivity contribution in [2.24, 2.45) is 17.8 Å². The molecule has 4 saturated carbocycles. The number of nitrogens with zero attached hydrogens (tertiary/aromatic N) is 2. The Hall–Kier alpha value is -1.14. The van der Waals surface area contributed by atoms with E-state index >= 15 is 0 Å². The first-order valence-corrected chi connectivity index (χ1v) is 11.0. The molecule has 4 aliphatic carbocycles. The summed E-state index contributed by atoms with van der Waals surface area (Å²) in [6.45, 7) is 4.18. The molecule has 6 aliphatic rings. The third-order valence-electron chi connectivity index (χ3n) is 7.70. The lowest BCUT2D eigenvalue weighted by Crippen LogP contribution is -2.61. The zero-order valence-electron chi connectivity index (χ0n) is 16.3. The van der Waals surface area contributed by atoms with Crippen molar-refractivity contribution >= 4 is 11.8 Å². The highest BCUT2D eigenvalue weighted by molar-refractivity contribution is 5.81. The second-order valence-electron chi connectivity index (χ2n) is 9.85. The van der Waals surface area contributed by atoms with Gasteiger partial charge in [-0.1, -0.05) is 0 Å². The minimum absolute atomic E-state index is 0.101. The molecule has 6 nitrogen and oxygen atoms in total. The fourth-order valence-electron chi connectivity index (χ4n) is 6.90. The number of carbonyl (C=O) groups is 2. The van der Waals surface area contributed by atoms with Gasteiger partial charge >= 0.3 is 0 Å². The van der Waals surface area contributed by atoms with E-state index in [2.05, 4.69) is 10.2 Å². The van der Waals surface area contributed by atoms with Crippen molar-refractivity contribution in [3.63, 3.8) is 0 Å². The molecular weight excluding hydrogens is 342 g/mol. The molecule has 6 heteroatoms. The second kappa shape index (κ2) is 7.03. The maximum atomic E-state index is 12.8. The Balaban J connectivity index is 1.10. The molecule has 0 aromatic carbocycles. The second-order valence-corrected chi connectivity index (χ2v) is 9.85. The van der Waals surface area contributed by atoms with Crippen LogP contribution in [-0.4, -0.2) is 72.6 Å². The summed E-state index contributed by atoms with van der Waals surface area (Å²) < 4.78 is 5.52. The standard InChI is InChI=1S/C21H33N3O3/c25-19(22-21-11-15-8-16(12-21)10-17(9-15)13-21)14-23-3-5-24(6-4-23)20(26)18-2-1-7-27-18/h15-18H,1-14H2,(H,22,25)/t15?,16?,17?,18-,21?/m0/s1. The van der Waals surface area contributed by atoms with Gasteiger partial charge in [-0.15, -0.1) is 0 Å². The molecule has 1 N–H and O–H groups in total. The van der Waals surface area contributed by atoms with Crippen LogP contribution in [0.15, 0.2) is 0 Å². The van der Waals surface area contributed by atoms with Crippen LogP contribution in [0.25, 0.3) is 0 Å². The third-order valence-corrected chi connectivity index (χ3v) is 7.70. The molecule has 1 atom stereocenters. The topological polar surface area (TPSA) is 61.9 Å². The molecular formula is C21H33N3O3. The van der Waals surface area contributed by atoms with Gasteiger partial charge in [-0.3, -0.25) is 14.5 Å². The summed E-state index contributed by atoms with van der Waals surface area (Å²) in [4.78, 5) is 29.3. The lowest BCUT2D eigenvalue weighted by molar-refractivity contribution is -0.142. The molecule has 2 heterocycles. The van der Waals surface area contributed by atoms with Gasteiger partial charge in [-0.2, -0.15) is 0 Å². The molecule has 150 valence electrons. The fourth-order valence-corrected chi connectivity index (χ4v) is 6.90. The van der Waals surface area contributed by atoms with Gasteiger partial charge in [-0.25, -0.2) is 0 Å². The highest BCUT2D eigenvalue weighted by atomic mass is 16.5. The lowest BCUT2D eigenvalue weighted by Gasteiger charge is -2.57. The smallest absolute Gasteiger partial charge is 0.251 e. The van der Waals surface area contributed by atoms with Gasteiger partial charge in [-0.05, 0) is 69.1 Å². The molecule has 0 aromatic heterocycles. The number of rotatable bonds is 4. The highest BCUT2D eigenvalue weighted by Crippen LogP contribution is 2.55. The average molecular weight is 376 g/mol. The molecule has 2 aliphatic heterocycles. The zero-order chi connectivity index (χ0) is 18.4. The van der Waals surface area contributed by atoms with Crippen molar-refractivity contribution < 1.29 is 14.3 Å². The predicted octanol–water partition coefficient (Wildman–Crippen LogP) is 1.39. The first-order valence-electron chi connectivity index (χ1n) is 11.0. The highest BCUT2D eigenvalue weighted by Gasteiger charge is 2.51. The molecule has 27 heavy (non-hydrogen) atoms. The van der Waals surface area contributed by atoms with Gasteiger partial charge in [0.15, 0.2) is 0 Å². The summed E-state index contributed by atoms with van der Waals surface area (Å²) in [7, 11) is 0. The Kier molecular flexibility index (Phi) is 4.67. The molecule has 0 unspecified atom stereocenters. The Morgan fingerprint density at radius 1 is 0.963 bits per heavy atom. The van der Waals surface area contributed by atoms with E-state index < -0.39 is 0 Å². The van der Waals surface area contributed by atoms with Crippen LogP contribution in [0.2, 0.25) is 0 Å².